The summed E-state index contributed by atoms with van der Waals surface area (Å²) in [6.45, 7) is 6.34. The van der Waals surface area contributed by atoms with Gasteiger partial charge in [-0.1, -0.05) is 19.8 Å². The smallest absolute Gasteiger partial charge is 0.318 e. The van der Waals surface area contributed by atoms with Crippen molar-refractivity contribution in [3.63, 3.8) is 0 Å². The molecule has 1 aromatic heterocycles. The van der Waals surface area contributed by atoms with Crippen molar-refractivity contribution < 1.29 is 4.74 Å². The van der Waals surface area contributed by atoms with Crippen LogP contribution in [0.1, 0.15) is 69.5 Å². The van der Waals surface area contributed by atoms with Crippen LogP contribution in [0.25, 0.3) is 5.57 Å². The highest BCUT2D eigenvalue weighted by Gasteiger charge is 2.36. The Morgan fingerprint density at radius 1 is 1.13 bits per heavy atom. The Labute approximate surface area is 186 Å². The molecule has 1 aromatic rings. The number of likely N-dealkylation sites (tertiary alicyclic amines) is 1. The lowest BCUT2D eigenvalue weighted by atomic mass is 10.0. The van der Waals surface area contributed by atoms with Crippen molar-refractivity contribution in [3.05, 3.63) is 16.8 Å². The Bertz CT molecular complexity index is 846. The maximum Gasteiger partial charge on any atom is 0.318 e. The van der Waals surface area contributed by atoms with Gasteiger partial charge in [0.05, 0.1) is 18.4 Å². The molecule has 0 aromatic carbocycles. The molecule has 2 fully saturated rings. The van der Waals surface area contributed by atoms with Gasteiger partial charge in [0, 0.05) is 42.7 Å². The number of aromatic nitrogens is 2. The topological polar surface area (TPSA) is 91.3 Å². The van der Waals surface area contributed by atoms with E-state index in [1.807, 2.05) is 0 Å². The van der Waals surface area contributed by atoms with Crippen LogP contribution in [0.3, 0.4) is 0 Å². The van der Waals surface area contributed by atoms with Gasteiger partial charge in [-0.25, -0.2) is 0 Å². The molecular formula is C24H36N6O. The first kappa shape index (κ1) is 22.0. The molecule has 2 bridgehead atoms. The zero-order valence-electron chi connectivity index (χ0n) is 19.1. The third-order valence-corrected chi connectivity index (χ3v) is 7.21. The molecule has 7 heteroatoms. The fourth-order valence-corrected chi connectivity index (χ4v) is 5.28. The molecule has 0 saturated carbocycles. The van der Waals surface area contributed by atoms with E-state index in [1.54, 1.807) is 0 Å². The summed E-state index contributed by atoms with van der Waals surface area (Å²) < 4.78 is 5.69. The predicted molar refractivity (Wildman–Crippen MR) is 123 cm³/mol. The van der Waals surface area contributed by atoms with Gasteiger partial charge in [0.1, 0.15) is 5.82 Å². The van der Waals surface area contributed by atoms with E-state index in [1.165, 1.54) is 45.3 Å². The summed E-state index contributed by atoms with van der Waals surface area (Å²) in [6.07, 6.45) is 9.59. The monoisotopic (exact) mass is 424 g/mol. The van der Waals surface area contributed by atoms with E-state index in [9.17, 15) is 5.26 Å². The minimum Gasteiger partial charge on any atom is -0.463 e. The van der Waals surface area contributed by atoms with Crippen LogP contribution in [0.4, 0.5) is 5.82 Å². The van der Waals surface area contributed by atoms with E-state index in [2.05, 4.69) is 39.8 Å². The molecule has 0 radical (unpaired) electrons. The van der Waals surface area contributed by atoms with Crippen LogP contribution in [-0.4, -0.2) is 65.1 Å². The van der Waals surface area contributed by atoms with Crippen LogP contribution in [0.15, 0.2) is 5.57 Å². The second-order valence-corrected chi connectivity index (χ2v) is 9.29. The lowest BCUT2D eigenvalue weighted by molar-refractivity contribution is 0.0875. The standard InChI is InChI=1S/C24H36N6O/c1-3-4-12-31-24-27-22-20(17(14-25)13-21(22)23(26)28-24)8-6-5-7-11-30-15-18-9-10-19(16-30)29(18)2/h18-19H,3-13,15-16H2,1-2H3,(H2,26,27,28). The number of allylic oxidation sites excluding steroid dienone is 2. The summed E-state index contributed by atoms with van der Waals surface area (Å²) in [5, 5.41) is 9.65. The van der Waals surface area contributed by atoms with Gasteiger partial charge < -0.3 is 15.4 Å². The van der Waals surface area contributed by atoms with E-state index < -0.39 is 0 Å². The van der Waals surface area contributed by atoms with Crippen molar-refractivity contribution in [2.45, 2.75) is 76.8 Å². The number of nitrogen functional groups attached to an aromatic ring is 1. The Hall–Kier alpha value is -2.17. The van der Waals surface area contributed by atoms with Gasteiger partial charge in [-0.15, -0.1) is 0 Å². The van der Waals surface area contributed by atoms with Gasteiger partial charge in [0.15, 0.2) is 0 Å². The molecule has 31 heavy (non-hydrogen) atoms. The largest absolute Gasteiger partial charge is 0.463 e. The minimum atomic E-state index is 0.339. The van der Waals surface area contributed by atoms with Crippen molar-refractivity contribution in [1.29, 1.82) is 5.26 Å². The molecule has 3 heterocycles. The summed E-state index contributed by atoms with van der Waals surface area (Å²) in [6, 6.07) is 4.24. The fraction of sp³-hybridized carbons (Fsp3) is 0.708. The highest BCUT2D eigenvalue weighted by Crippen LogP contribution is 2.38. The number of hydrogen-bond donors (Lipinski definition) is 1. The highest BCUT2D eigenvalue weighted by molar-refractivity contribution is 5.79. The van der Waals surface area contributed by atoms with E-state index in [0.717, 1.165) is 60.2 Å². The number of ether oxygens (including phenoxy) is 1. The number of likely N-dealkylation sites (N-methyl/N-ethyl adjacent to an activating group) is 1. The second-order valence-electron chi connectivity index (χ2n) is 9.29. The molecule has 0 amide bonds. The van der Waals surface area contributed by atoms with Crippen LogP contribution in [-0.2, 0) is 6.42 Å². The molecular weight excluding hydrogens is 388 g/mol. The number of nitrogens with two attached hydrogens (primary N) is 1. The number of unbranched alkanes of at least 4 members (excludes halogenated alkanes) is 3. The number of rotatable bonds is 10. The molecule has 2 saturated heterocycles. The molecule has 168 valence electrons. The molecule has 2 unspecified atom stereocenters. The van der Waals surface area contributed by atoms with Crippen molar-refractivity contribution in [2.24, 2.45) is 0 Å². The number of piperazine rings is 1. The molecule has 4 rings (SSSR count). The van der Waals surface area contributed by atoms with Crippen molar-refractivity contribution in [1.82, 2.24) is 19.8 Å². The average Bonchev–Trinajstić information content (AvgIpc) is 3.19. The first-order chi connectivity index (χ1) is 15.1. The number of anilines is 1. The van der Waals surface area contributed by atoms with Gasteiger partial charge in [-0.2, -0.15) is 15.2 Å². The SMILES string of the molecule is CCCCOc1nc(N)c2c(n1)C(CCCCCN1CC3CCC(C1)N3C)=C(C#N)C2. The van der Waals surface area contributed by atoms with Gasteiger partial charge >= 0.3 is 6.01 Å². The predicted octanol–water partition coefficient (Wildman–Crippen LogP) is 3.41. The van der Waals surface area contributed by atoms with Crippen LogP contribution in [0.2, 0.25) is 0 Å². The van der Waals surface area contributed by atoms with Crippen molar-refractivity contribution in [2.75, 3.05) is 39.0 Å². The Kier molecular flexibility index (Phi) is 7.09. The zero-order chi connectivity index (χ0) is 21.8. The first-order valence-electron chi connectivity index (χ1n) is 12.0. The van der Waals surface area contributed by atoms with E-state index in [0.29, 0.717) is 24.9 Å². The quantitative estimate of drug-likeness (QED) is 0.576. The molecule has 7 nitrogen and oxygen atoms in total. The van der Waals surface area contributed by atoms with E-state index in [4.69, 9.17) is 10.5 Å². The van der Waals surface area contributed by atoms with Crippen LogP contribution in [0.5, 0.6) is 6.01 Å². The average molecular weight is 425 g/mol. The second kappa shape index (κ2) is 9.97. The molecule has 2 aliphatic heterocycles. The van der Waals surface area contributed by atoms with Crippen molar-refractivity contribution in [3.8, 4) is 12.1 Å². The summed E-state index contributed by atoms with van der Waals surface area (Å²) >= 11 is 0. The third-order valence-electron chi connectivity index (χ3n) is 7.21. The normalized spacial score (nSPS) is 23.3. The molecule has 0 spiro atoms. The van der Waals surface area contributed by atoms with E-state index in [-0.39, 0.29) is 0 Å². The summed E-state index contributed by atoms with van der Waals surface area (Å²) in [7, 11) is 2.29. The molecule has 3 aliphatic rings. The maximum absolute atomic E-state index is 9.65. The summed E-state index contributed by atoms with van der Waals surface area (Å²) in [5.41, 5.74) is 9.74. The van der Waals surface area contributed by atoms with Gasteiger partial charge in [-0.05, 0) is 57.7 Å². The molecule has 2 N–H and O–H groups in total. The van der Waals surface area contributed by atoms with E-state index >= 15 is 0 Å². The van der Waals surface area contributed by atoms with Crippen LogP contribution >= 0.6 is 0 Å². The maximum atomic E-state index is 9.65. The Morgan fingerprint density at radius 2 is 1.90 bits per heavy atom. The van der Waals surface area contributed by atoms with Crippen molar-refractivity contribution >= 4 is 11.4 Å². The third kappa shape index (κ3) is 4.86. The Balaban J connectivity index is 1.30. The zero-order valence-corrected chi connectivity index (χ0v) is 19.1. The van der Waals surface area contributed by atoms with Crippen LogP contribution < -0.4 is 10.5 Å². The fourth-order valence-electron chi connectivity index (χ4n) is 5.28. The number of hydrogen-bond acceptors (Lipinski definition) is 7. The van der Waals surface area contributed by atoms with Gasteiger partial charge in [0.25, 0.3) is 0 Å². The molecule has 1 aliphatic carbocycles. The first-order valence-corrected chi connectivity index (χ1v) is 12.0. The number of fused-ring (bicyclic) bond motifs is 3. The Morgan fingerprint density at radius 3 is 2.61 bits per heavy atom. The number of nitriles is 1. The lowest BCUT2D eigenvalue weighted by Crippen LogP contribution is -2.51. The minimum absolute atomic E-state index is 0.339. The highest BCUT2D eigenvalue weighted by atomic mass is 16.5. The number of nitrogens with zero attached hydrogens (tertiary/aromatic N) is 5. The van der Waals surface area contributed by atoms with Gasteiger partial charge in [0.2, 0.25) is 0 Å². The van der Waals surface area contributed by atoms with Crippen LogP contribution in [0, 0.1) is 11.3 Å². The summed E-state index contributed by atoms with van der Waals surface area (Å²) in [4.78, 5) is 14.2. The summed E-state index contributed by atoms with van der Waals surface area (Å²) in [5.74, 6) is 0.448. The molecule has 2 atom stereocenters. The lowest BCUT2D eigenvalue weighted by Gasteiger charge is -2.38. The van der Waals surface area contributed by atoms with Gasteiger partial charge in [-0.3, -0.25) is 4.90 Å².